The average Bonchev–Trinajstić information content (AvgIpc) is 2.04. The molecular formula is C12H25. The van der Waals surface area contributed by atoms with Crippen LogP contribution >= 0.6 is 0 Å². The van der Waals surface area contributed by atoms with Gasteiger partial charge in [0.1, 0.15) is 0 Å². The van der Waals surface area contributed by atoms with Gasteiger partial charge in [0.2, 0.25) is 0 Å². The standard InChI is InChI=1S/C12H25/c1-5-7-9-12(11(3)4)10-8-6-2/h12H,5-10H2,1-4H3. The highest BCUT2D eigenvalue weighted by atomic mass is 14.2. The molecule has 0 aromatic carbocycles. The lowest BCUT2D eigenvalue weighted by Crippen LogP contribution is -2.06. The molecule has 0 fully saturated rings. The Kier molecular flexibility index (Phi) is 7.64. The van der Waals surface area contributed by atoms with Crippen molar-refractivity contribution < 1.29 is 0 Å². The Morgan fingerprint density at radius 1 is 0.917 bits per heavy atom. The summed E-state index contributed by atoms with van der Waals surface area (Å²) in [5.41, 5.74) is 0. The lowest BCUT2D eigenvalue weighted by molar-refractivity contribution is 0.435. The molecule has 0 heteroatoms. The van der Waals surface area contributed by atoms with Crippen molar-refractivity contribution in [2.45, 2.75) is 66.2 Å². The first kappa shape index (κ1) is 12.0. The summed E-state index contributed by atoms with van der Waals surface area (Å²) >= 11 is 0. The summed E-state index contributed by atoms with van der Waals surface area (Å²) in [6.45, 7) is 9.13. The fraction of sp³-hybridized carbons (Fsp3) is 0.917. The van der Waals surface area contributed by atoms with E-state index in [1.807, 2.05) is 0 Å². The highest BCUT2D eigenvalue weighted by Gasteiger charge is 2.11. The van der Waals surface area contributed by atoms with Crippen molar-refractivity contribution >= 4 is 0 Å². The van der Waals surface area contributed by atoms with E-state index >= 15 is 0 Å². The van der Waals surface area contributed by atoms with Crippen LogP contribution in [-0.4, -0.2) is 0 Å². The Morgan fingerprint density at radius 2 is 1.33 bits per heavy atom. The maximum Gasteiger partial charge on any atom is -0.0272 e. The van der Waals surface area contributed by atoms with Crippen molar-refractivity contribution in [2.24, 2.45) is 5.92 Å². The van der Waals surface area contributed by atoms with E-state index < -0.39 is 0 Å². The predicted molar refractivity (Wildman–Crippen MR) is 57.1 cm³/mol. The molecule has 0 aromatic heterocycles. The first-order valence-corrected chi connectivity index (χ1v) is 5.52. The molecule has 73 valence electrons. The van der Waals surface area contributed by atoms with Gasteiger partial charge in [-0.15, -0.1) is 0 Å². The van der Waals surface area contributed by atoms with Gasteiger partial charge in [0.05, 0.1) is 0 Å². The summed E-state index contributed by atoms with van der Waals surface area (Å²) in [5, 5.41) is 0. The predicted octanol–water partition coefficient (Wildman–Crippen LogP) is 4.60. The van der Waals surface area contributed by atoms with Gasteiger partial charge >= 0.3 is 0 Å². The molecular weight excluding hydrogens is 144 g/mol. The molecule has 0 atom stereocenters. The molecule has 0 nitrogen and oxygen atoms in total. The minimum Gasteiger partial charge on any atom is -0.0654 e. The zero-order valence-corrected chi connectivity index (χ0v) is 9.32. The maximum absolute atomic E-state index is 2.29. The summed E-state index contributed by atoms with van der Waals surface area (Å²) in [6, 6.07) is 0. The molecule has 0 aliphatic carbocycles. The molecule has 0 aliphatic rings. The van der Waals surface area contributed by atoms with Crippen LogP contribution in [0.15, 0.2) is 0 Å². The summed E-state index contributed by atoms with van der Waals surface area (Å²) in [4.78, 5) is 0. The Labute approximate surface area is 78.8 Å². The average molecular weight is 169 g/mol. The van der Waals surface area contributed by atoms with Crippen molar-refractivity contribution in [1.29, 1.82) is 0 Å². The molecule has 0 rings (SSSR count). The topological polar surface area (TPSA) is 0 Å². The van der Waals surface area contributed by atoms with E-state index in [1.165, 1.54) is 38.5 Å². The van der Waals surface area contributed by atoms with Crippen molar-refractivity contribution in [2.75, 3.05) is 0 Å². The van der Waals surface area contributed by atoms with E-state index in [1.54, 1.807) is 5.92 Å². The Morgan fingerprint density at radius 3 is 1.58 bits per heavy atom. The molecule has 0 amide bonds. The van der Waals surface area contributed by atoms with Crippen LogP contribution in [0.25, 0.3) is 0 Å². The van der Waals surface area contributed by atoms with Crippen molar-refractivity contribution in [3.63, 3.8) is 0 Å². The van der Waals surface area contributed by atoms with E-state index in [0.717, 1.165) is 5.92 Å². The summed E-state index contributed by atoms with van der Waals surface area (Å²) in [7, 11) is 0. The van der Waals surface area contributed by atoms with Crippen molar-refractivity contribution in [3.8, 4) is 0 Å². The third kappa shape index (κ3) is 5.62. The van der Waals surface area contributed by atoms with Gasteiger partial charge in [-0.3, -0.25) is 0 Å². The van der Waals surface area contributed by atoms with Gasteiger partial charge in [-0.25, -0.2) is 0 Å². The minimum atomic E-state index is 0.907. The SMILES string of the molecule is CCCCC(CCCC)[C](C)C. The maximum atomic E-state index is 2.29. The van der Waals surface area contributed by atoms with Crippen LogP contribution in [0.4, 0.5) is 0 Å². The molecule has 0 unspecified atom stereocenters. The van der Waals surface area contributed by atoms with Gasteiger partial charge in [0, 0.05) is 0 Å². The van der Waals surface area contributed by atoms with Crippen LogP contribution in [0.5, 0.6) is 0 Å². The van der Waals surface area contributed by atoms with Gasteiger partial charge in [-0.1, -0.05) is 53.4 Å². The molecule has 0 N–H and O–H groups in total. The van der Waals surface area contributed by atoms with Gasteiger partial charge in [0.15, 0.2) is 0 Å². The van der Waals surface area contributed by atoms with Crippen LogP contribution in [0, 0.1) is 11.8 Å². The van der Waals surface area contributed by atoms with Crippen LogP contribution in [-0.2, 0) is 0 Å². The second-order valence-electron chi connectivity index (χ2n) is 4.06. The second kappa shape index (κ2) is 7.64. The Hall–Kier alpha value is 0. The lowest BCUT2D eigenvalue weighted by atomic mass is 9.86. The zero-order chi connectivity index (χ0) is 9.40. The third-order valence-electron chi connectivity index (χ3n) is 2.63. The summed E-state index contributed by atoms with van der Waals surface area (Å²) in [5.74, 6) is 2.54. The smallest absolute Gasteiger partial charge is 0.0272 e. The number of unbranched alkanes of at least 4 members (excludes halogenated alkanes) is 2. The normalized spacial score (nSPS) is 11.5. The van der Waals surface area contributed by atoms with Crippen LogP contribution in [0.1, 0.15) is 66.2 Å². The number of rotatable bonds is 7. The highest BCUT2D eigenvalue weighted by molar-refractivity contribution is 4.86. The largest absolute Gasteiger partial charge is 0.0654 e. The molecule has 0 spiro atoms. The lowest BCUT2D eigenvalue weighted by Gasteiger charge is -2.19. The molecule has 0 heterocycles. The van der Waals surface area contributed by atoms with Crippen molar-refractivity contribution in [1.82, 2.24) is 0 Å². The molecule has 0 saturated heterocycles. The van der Waals surface area contributed by atoms with E-state index in [9.17, 15) is 0 Å². The monoisotopic (exact) mass is 169 g/mol. The number of hydrogen-bond acceptors (Lipinski definition) is 0. The first-order chi connectivity index (χ1) is 5.72. The van der Waals surface area contributed by atoms with Gasteiger partial charge in [-0.05, 0) is 24.7 Å². The fourth-order valence-electron chi connectivity index (χ4n) is 1.62. The zero-order valence-electron chi connectivity index (χ0n) is 9.32. The molecule has 0 bridgehead atoms. The second-order valence-corrected chi connectivity index (χ2v) is 4.06. The molecule has 0 saturated carbocycles. The molecule has 1 radical (unpaired) electrons. The molecule has 12 heavy (non-hydrogen) atoms. The third-order valence-corrected chi connectivity index (χ3v) is 2.63. The van der Waals surface area contributed by atoms with E-state index in [-0.39, 0.29) is 0 Å². The van der Waals surface area contributed by atoms with Gasteiger partial charge < -0.3 is 0 Å². The highest BCUT2D eigenvalue weighted by Crippen LogP contribution is 2.25. The van der Waals surface area contributed by atoms with Crippen molar-refractivity contribution in [3.05, 3.63) is 5.92 Å². The van der Waals surface area contributed by atoms with E-state index in [0.29, 0.717) is 0 Å². The van der Waals surface area contributed by atoms with Crippen LogP contribution in [0.3, 0.4) is 0 Å². The fourth-order valence-corrected chi connectivity index (χ4v) is 1.62. The number of hydrogen-bond donors (Lipinski definition) is 0. The van der Waals surface area contributed by atoms with Crippen LogP contribution < -0.4 is 0 Å². The van der Waals surface area contributed by atoms with E-state index in [2.05, 4.69) is 27.7 Å². The minimum absolute atomic E-state index is 0.907. The quantitative estimate of drug-likeness (QED) is 0.522. The molecule has 0 aliphatic heterocycles. The molecule has 0 aromatic rings. The Balaban J connectivity index is 3.55. The van der Waals surface area contributed by atoms with E-state index in [4.69, 9.17) is 0 Å². The Bertz CT molecular complexity index is 76.0. The first-order valence-electron chi connectivity index (χ1n) is 5.52. The van der Waals surface area contributed by atoms with Crippen LogP contribution in [0.2, 0.25) is 0 Å². The summed E-state index contributed by atoms with van der Waals surface area (Å²) in [6.07, 6.45) is 8.32. The van der Waals surface area contributed by atoms with Gasteiger partial charge in [-0.2, -0.15) is 0 Å². The summed E-state index contributed by atoms with van der Waals surface area (Å²) < 4.78 is 0. The van der Waals surface area contributed by atoms with Gasteiger partial charge in [0.25, 0.3) is 0 Å².